The molecule has 122 valence electrons. The third kappa shape index (κ3) is 3.33. The Morgan fingerprint density at radius 3 is 2.64 bits per heavy atom. The first kappa shape index (κ1) is 15.9. The van der Waals surface area contributed by atoms with Crippen molar-refractivity contribution in [1.29, 1.82) is 0 Å². The van der Waals surface area contributed by atoms with Crippen LogP contribution in [0.2, 0.25) is 0 Å². The fourth-order valence-electron chi connectivity index (χ4n) is 3.14. The first-order valence-corrected chi connectivity index (χ1v) is 9.00. The highest BCUT2D eigenvalue weighted by molar-refractivity contribution is 7.87. The van der Waals surface area contributed by atoms with E-state index in [9.17, 15) is 8.42 Å². The van der Waals surface area contributed by atoms with Crippen LogP contribution in [0.25, 0.3) is 0 Å². The lowest BCUT2D eigenvalue weighted by Crippen LogP contribution is -2.44. The van der Waals surface area contributed by atoms with Gasteiger partial charge in [-0.05, 0) is 12.0 Å². The molecule has 22 heavy (non-hydrogen) atoms. The molecule has 2 aliphatic heterocycles. The zero-order valence-electron chi connectivity index (χ0n) is 13.0. The second-order valence-electron chi connectivity index (χ2n) is 6.18. The van der Waals surface area contributed by atoms with E-state index in [-0.39, 0.29) is 12.1 Å². The van der Waals surface area contributed by atoms with Crippen molar-refractivity contribution >= 4 is 10.2 Å². The van der Waals surface area contributed by atoms with Crippen LogP contribution >= 0.6 is 0 Å². The summed E-state index contributed by atoms with van der Waals surface area (Å²) in [6, 6.07) is 10.4. The van der Waals surface area contributed by atoms with Gasteiger partial charge in [0, 0.05) is 39.3 Å². The molecule has 6 nitrogen and oxygen atoms in total. The third-order valence-electron chi connectivity index (χ3n) is 4.39. The molecule has 3 rings (SSSR count). The summed E-state index contributed by atoms with van der Waals surface area (Å²) < 4.78 is 33.8. The Kier molecular flexibility index (Phi) is 4.52. The average molecular weight is 325 g/mol. The molecule has 1 N–H and O–H groups in total. The summed E-state index contributed by atoms with van der Waals surface area (Å²) in [7, 11) is -0.293. The van der Waals surface area contributed by atoms with E-state index in [1.807, 2.05) is 18.2 Å². The van der Waals surface area contributed by atoms with E-state index in [1.165, 1.54) is 9.87 Å². The average Bonchev–Trinajstić information content (AvgIpc) is 2.88. The summed E-state index contributed by atoms with van der Waals surface area (Å²) in [6.07, 6.45) is 0.871. The molecule has 2 saturated heterocycles. The summed E-state index contributed by atoms with van der Waals surface area (Å²) in [4.78, 5) is 2.34. The highest BCUT2D eigenvalue weighted by Gasteiger charge is 2.39. The summed E-state index contributed by atoms with van der Waals surface area (Å²) in [5, 5.41) is 0. The van der Waals surface area contributed by atoms with Crippen molar-refractivity contribution in [2.75, 3.05) is 33.8 Å². The van der Waals surface area contributed by atoms with Crippen LogP contribution in [0.3, 0.4) is 0 Å². The lowest BCUT2D eigenvalue weighted by atomic mass is 10.1. The van der Waals surface area contributed by atoms with E-state index < -0.39 is 10.2 Å². The van der Waals surface area contributed by atoms with Gasteiger partial charge in [-0.2, -0.15) is 17.4 Å². The van der Waals surface area contributed by atoms with E-state index >= 15 is 0 Å². The van der Waals surface area contributed by atoms with Crippen LogP contribution in [0.4, 0.5) is 0 Å². The Morgan fingerprint density at radius 2 is 1.95 bits per heavy atom. The number of hydrogen-bond acceptors (Lipinski definition) is 4. The largest absolute Gasteiger partial charge is 0.371 e. The first-order valence-electron chi connectivity index (χ1n) is 7.56. The van der Waals surface area contributed by atoms with Crippen molar-refractivity contribution in [2.45, 2.75) is 24.6 Å². The van der Waals surface area contributed by atoms with Crippen molar-refractivity contribution < 1.29 is 13.2 Å². The molecule has 1 aromatic carbocycles. The van der Waals surface area contributed by atoms with E-state index in [4.69, 9.17) is 4.74 Å². The summed E-state index contributed by atoms with van der Waals surface area (Å²) in [5.74, 6) is 0. The van der Waals surface area contributed by atoms with Crippen LogP contribution in [0.5, 0.6) is 0 Å². The number of nitrogens with one attached hydrogen (secondary N) is 1. The number of benzene rings is 1. The summed E-state index contributed by atoms with van der Waals surface area (Å²) in [5.41, 5.74) is 1.18. The molecular weight excluding hydrogens is 302 g/mol. The van der Waals surface area contributed by atoms with Crippen molar-refractivity contribution in [3.05, 3.63) is 35.9 Å². The molecule has 2 aliphatic rings. The second kappa shape index (κ2) is 6.25. The quantitative estimate of drug-likeness (QED) is 0.880. The zero-order valence-corrected chi connectivity index (χ0v) is 13.8. The van der Waals surface area contributed by atoms with Crippen LogP contribution in [0.15, 0.2) is 30.3 Å². The van der Waals surface area contributed by atoms with E-state index in [1.54, 1.807) is 14.1 Å². The molecule has 0 aromatic heterocycles. The highest BCUT2D eigenvalue weighted by Crippen LogP contribution is 2.30. The molecule has 3 atom stereocenters. The molecule has 7 heteroatoms. The van der Waals surface area contributed by atoms with Crippen LogP contribution < -0.4 is 4.72 Å². The predicted octanol–water partition coefficient (Wildman–Crippen LogP) is 0.597. The molecule has 2 heterocycles. The Morgan fingerprint density at radius 1 is 1.23 bits per heavy atom. The normalized spacial score (nSPS) is 29.7. The Bertz CT molecular complexity index is 606. The molecule has 0 aliphatic carbocycles. The van der Waals surface area contributed by atoms with Gasteiger partial charge in [-0.25, -0.2) is 0 Å². The molecule has 0 unspecified atom stereocenters. The van der Waals surface area contributed by atoms with Gasteiger partial charge in [-0.3, -0.25) is 4.90 Å². The van der Waals surface area contributed by atoms with Gasteiger partial charge in [0.2, 0.25) is 0 Å². The van der Waals surface area contributed by atoms with Gasteiger partial charge in [0.1, 0.15) is 0 Å². The lowest BCUT2D eigenvalue weighted by Gasteiger charge is -2.35. The number of morpholine rings is 1. The van der Waals surface area contributed by atoms with Crippen LogP contribution in [0.1, 0.15) is 18.1 Å². The Labute approximate surface area is 132 Å². The molecule has 2 fully saturated rings. The van der Waals surface area contributed by atoms with Gasteiger partial charge in [0.15, 0.2) is 0 Å². The number of nitrogens with zero attached hydrogens (tertiary/aromatic N) is 2. The maximum Gasteiger partial charge on any atom is 0.279 e. The van der Waals surface area contributed by atoms with E-state index in [0.717, 1.165) is 19.5 Å². The number of hydrogen-bond donors (Lipinski definition) is 1. The Balaban J connectivity index is 1.63. The first-order chi connectivity index (χ1) is 10.5. The van der Waals surface area contributed by atoms with Gasteiger partial charge in [-0.15, -0.1) is 0 Å². The predicted molar refractivity (Wildman–Crippen MR) is 84.6 cm³/mol. The van der Waals surface area contributed by atoms with E-state index in [0.29, 0.717) is 12.6 Å². The SMILES string of the molecule is CN(C)S(=O)(=O)N[C@@H]1C[C@H]2CO[C@@H](c3ccccc3)CN2C1. The topological polar surface area (TPSA) is 61.9 Å². The fraction of sp³-hybridized carbons (Fsp3) is 0.600. The summed E-state index contributed by atoms with van der Waals surface area (Å²) >= 11 is 0. The number of ether oxygens (including phenoxy) is 1. The molecule has 0 spiro atoms. The molecule has 0 saturated carbocycles. The molecule has 0 radical (unpaired) electrons. The number of rotatable bonds is 4. The maximum absolute atomic E-state index is 11.9. The monoisotopic (exact) mass is 325 g/mol. The maximum atomic E-state index is 11.9. The van der Waals surface area contributed by atoms with Gasteiger partial charge < -0.3 is 4.74 Å². The minimum atomic E-state index is -3.37. The number of fused-ring (bicyclic) bond motifs is 1. The zero-order chi connectivity index (χ0) is 15.7. The van der Waals surface area contributed by atoms with Gasteiger partial charge in [0.25, 0.3) is 10.2 Å². The van der Waals surface area contributed by atoms with Crippen LogP contribution in [0, 0.1) is 0 Å². The fourth-order valence-corrected chi connectivity index (χ4v) is 3.95. The standard InChI is InChI=1S/C15H23N3O3S/c1-17(2)22(19,20)16-13-8-14-11-21-15(10-18(14)9-13)12-6-4-3-5-7-12/h3-7,13-16H,8-11H2,1-2H3/t13-,14+,15-/m1/s1. The van der Waals surface area contributed by atoms with Crippen molar-refractivity contribution in [3.63, 3.8) is 0 Å². The summed E-state index contributed by atoms with van der Waals surface area (Å²) in [6.45, 7) is 2.21. The third-order valence-corrected chi connectivity index (χ3v) is 5.98. The smallest absolute Gasteiger partial charge is 0.279 e. The second-order valence-corrected chi connectivity index (χ2v) is 8.09. The molecule has 1 aromatic rings. The minimum absolute atomic E-state index is 0.0458. The van der Waals surface area contributed by atoms with Gasteiger partial charge >= 0.3 is 0 Å². The Hall–Kier alpha value is -0.990. The van der Waals surface area contributed by atoms with Crippen LogP contribution in [-0.4, -0.2) is 63.5 Å². The van der Waals surface area contributed by atoms with E-state index in [2.05, 4.69) is 21.8 Å². The van der Waals surface area contributed by atoms with Gasteiger partial charge in [-0.1, -0.05) is 30.3 Å². The molecular formula is C15H23N3O3S. The minimum Gasteiger partial charge on any atom is -0.371 e. The van der Waals surface area contributed by atoms with Gasteiger partial charge in [0.05, 0.1) is 12.7 Å². The van der Waals surface area contributed by atoms with Crippen molar-refractivity contribution in [3.8, 4) is 0 Å². The van der Waals surface area contributed by atoms with Crippen LogP contribution in [-0.2, 0) is 14.9 Å². The lowest BCUT2D eigenvalue weighted by molar-refractivity contribution is -0.0502. The molecule has 0 bridgehead atoms. The van der Waals surface area contributed by atoms with Crippen molar-refractivity contribution in [1.82, 2.24) is 13.9 Å². The molecule has 0 amide bonds. The van der Waals surface area contributed by atoms with Crippen molar-refractivity contribution in [2.24, 2.45) is 0 Å². The highest BCUT2D eigenvalue weighted by atomic mass is 32.2.